The molecule has 242 valence electrons. The molecule has 1 atom stereocenters. The van der Waals surface area contributed by atoms with Gasteiger partial charge in [0.25, 0.3) is 15.7 Å². The largest absolute Gasteiger partial charge is 0.497 e. The number of nitro groups is 1. The standard InChI is InChI=1S/C31H36Cl2N4O7S/c1-7-27(30(39)34-31(3,4)5)35(18-21-9-10-22(32)16-26(21)33)29(38)19-36(23-11-13-24(44-6)14-12-23)45(42,43)25-15-8-20(2)28(17-25)37(40)41/h8-17,27H,7,18-19H2,1-6H3,(H,34,39). The first-order valence-corrected chi connectivity index (χ1v) is 16.1. The Morgan fingerprint density at radius 3 is 2.22 bits per heavy atom. The first-order chi connectivity index (χ1) is 21.0. The summed E-state index contributed by atoms with van der Waals surface area (Å²) in [7, 11) is -3.10. The minimum atomic E-state index is -4.55. The third kappa shape index (κ3) is 8.86. The van der Waals surface area contributed by atoms with Crippen LogP contribution >= 0.6 is 23.2 Å². The molecule has 0 radical (unpaired) electrons. The van der Waals surface area contributed by atoms with Crippen molar-refractivity contribution in [2.24, 2.45) is 0 Å². The van der Waals surface area contributed by atoms with E-state index in [2.05, 4.69) is 5.32 Å². The fraction of sp³-hybridized carbons (Fsp3) is 0.355. The number of aryl methyl sites for hydroxylation is 1. The molecule has 3 rings (SSSR count). The maximum absolute atomic E-state index is 14.2. The summed E-state index contributed by atoms with van der Waals surface area (Å²) in [4.78, 5) is 39.6. The van der Waals surface area contributed by atoms with E-state index in [1.165, 1.54) is 61.4 Å². The number of rotatable bonds is 12. The molecule has 2 amide bonds. The van der Waals surface area contributed by atoms with Crippen LogP contribution in [-0.2, 0) is 26.2 Å². The monoisotopic (exact) mass is 678 g/mol. The molecule has 0 saturated carbocycles. The van der Waals surface area contributed by atoms with Gasteiger partial charge in [-0.3, -0.25) is 24.0 Å². The number of hydrogen-bond acceptors (Lipinski definition) is 7. The van der Waals surface area contributed by atoms with Gasteiger partial charge in [-0.15, -0.1) is 0 Å². The number of hydrogen-bond donors (Lipinski definition) is 1. The second-order valence-electron chi connectivity index (χ2n) is 11.3. The van der Waals surface area contributed by atoms with Crippen LogP contribution < -0.4 is 14.4 Å². The fourth-order valence-corrected chi connectivity index (χ4v) is 6.46. The van der Waals surface area contributed by atoms with Gasteiger partial charge in [0, 0.05) is 33.8 Å². The summed E-state index contributed by atoms with van der Waals surface area (Å²) in [6, 6.07) is 13.2. The second-order valence-corrected chi connectivity index (χ2v) is 14.0. The highest BCUT2D eigenvalue weighted by molar-refractivity contribution is 7.92. The number of ether oxygens (including phenoxy) is 1. The van der Waals surface area contributed by atoms with Crippen molar-refractivity contribution < 1.29 is 27.7 Å². The molecular weight excluding hydrogens is 643 g/mol. The van der Waals surface area contributed by atoms with E-state index in [1.807, 2.05) is 0 Å². The molecule has 0 aliphatic heterocycles. The van der Waals surface area contributed by atoms with Crippen LogP contribution in [0, 0.1) is 17.0 Å². The lowest BCUT2D eigenvalue weighted by Gasteiger charge is -2.35. The summed E-state index contributed by atoms with van der Waals surface area (Å²) in [5.41, 5.74) is -0.141. The van der Waals surface area contributed by atoms with E-state index in [1.54, 1.807) is 39.8 Å². The van der Waals surface area contributed by atoms with Crippen molar-refractivity contribution in [2.45, 2.75) is 64.1 Å². The first kappa shape index (κ1) is 35.6. The Balaban J connectivity index is 2.15. The Hall–Kier alpha value is -3.87. The maximum Gasteiger partial charge on any atom is 0.273 e. The van der Waals surface area contributed by atoms with Crippen molar-refractivity contribution in [3.8, 4) is 5.75 Å². The average Bonchev–Trinajstić information content (AvgIpc) is 2.95. The third-order valence-corrected chi connectivity index (χ3v) is 9.20. The molecule has 3 aromatic carbocycles. The molecule has 0 spiro atoms. The lowest BCUT2D eigenvalue weighted by atomic mass is 10.1. The normalized spacial score (nSPS) is 12.3. The predicted molar refractivity (Wildman–Crippen MR) is 174 cm³/mol. The number of carbonyl (C=O) groups is 2. The van der Waals surface area contributed by atoms with Crippen LogP contribution in [0.2, 0.25) is 10.0 Å². The van der Waals surface area contributed by atoms with Crippen molar-refractivity contribution in [1.29, 1.82) is 0 Å². The van der Waals surface area contributed by atoms with E-state index >= 15 is 0 Å². The average molecular weight is 680 g/mol. The third-order valence-electron chi connectivity index (χ3n) is 6.84. The Kier molecular flexibility index (Phi) is 11.5. The van der Waals surface area contributed by atoms with Crippen LogP contribution in [0.25, 0.3) is 0 Å². The number of amides is 2. The van der Waals surface area contributed by atoms with Crippen molar-refractivity contribution in [3.63, 3.8) is 0 Å². The lowest BCUT2D eigenvalue weighted by Crippen LogP contribution is -2.55. The topological polar surface area (TPSA) is 139 Å². The number of nitrogens with zero attached hydrogens (tertiary/aromatic N) is 3. The summed E-state index contributed by atoms with van der Waals surface area (Å²) in [6.45, 7) is 7.78. The molecule has 0 heterocycles. The highest BCUT2D eigenvalue weighted by Crippen LogP contribution is 2.30. The Morgan fingerprint density at radius 2 is 1.69 bits per heavy atom. The van der Waals surface area contributed by atoms with E-state index in [4.69, 9.17) is 27.9 Å². The molecule has 14 heteroatoms. The zero-order valence-corrected chi connectivity index (χ0v) is 28.2. The van der Waals surface area contributed by atoms with Gasteiger partial charge in [-0.2, -0.15) is 0 Å². The van der Waals surface area contributed by atoms with Gasteiger partial charge in [-0.05, 0) is 82.1 Å². The Bertz CT molecular complexity index is 1680. The molecule has 0 aliphatic carbocycles. The number of nitro benzene ring substituents is 1. The van der Waals surface area contributed by atoms with E-state index in [9.17, 15) is 28.1 Å². The molecular formula is C31H36Cl2N4O7S. The molecule has 11 nitrogen and oxygen atoms in total. The summed E-state index contributed by atoms with van der Waals surface area (Å²) < 4.78 is 34.3. The number of sulfonamides is 1. The van der Waals surface area contributed by atoms with Crippen molar-refractivity contribution in [1.82, 2.24) is 10.2 Å². The van der Waals surface area contributed by atoms with E-state index in [0.29, 0.717) is 16.3 Å². The highest BCUT2D eigenvalue weighted by Gasteiger charge is 2.35. The fourth-order valence-electron chi connectivity index (χ4n) is 4.56. The second kappa shape index (κ2) is 14.5. The van der Waals surface area contributed by atoms with Gasteiger partial charge in [0.1, 0.15) is 18.3 Å². The van der Waals surface area contributed by atoms with Crippen LogP contribution in [0.3, 0.4) is 0 Å². The number of halogens is 2. The summed E-state index contributed by atoms with van der Waals surface area (Å²) in [6.07, 6.45) is 0.207. The Labute approximate surface area is 273 Å². The molecule has 0 fully saturated rings. The van der Waals surface area contributed by atoms with Crippen LogP contribution in [0.5, 0.6) is 5.75 Å². The minimum Gasteiger partial charge on any atom is -0.497 e. The number of benzene rings is 3. The van der Waals surface area contributed by atoms with Gasteiger partial charge in [0.15, 0.2) is 0 Å². The minimum absolute atomic E-state index is 0.101. The van der Waals surface area contributed by atoms with Crippen LogP contribution in [-0.4, -0.2) is 55.3 Å². The Morgan fingerprint density at radius 1 is 1.04 bits per heavy atom. The smallest absolute Gasteiger partial charge is 0.273 e. The summed E-state index contributed by atoms with van der Waals surface area (Å²) in [5, 5.41) is 15.2. The summed E-state index contributed by atoms with van der Waals surface area (Å²) in [5.74, 6) is -0.702. The van der Waals surface area contributed by atoms with Crippen molar-refractivity contribution in [2.75, 3.05) is 18.0 Å². The number of carbonyl (C=O) groups excluding carboxylic acids is 2. The van der Waals surface area contributed by atoms with E-state index in [0.717, 1.165) is 10.4 Å². The zero-order chi connectivity index (χ0) is 33.7. The predicted octanol–water partition coefficient (Wildman–Crippen LogP) is 6.14. The molecule has 0 bridgehead atoms. The lowest BCUT2D eigenvalue weighted by molar-refractivity contribution is -0.385. The van der Waals surface area contributed by atoms with Crippen LogP contribution in [0.1, 0.15) is 45.2 Å². The quantitative estimate of drug-likeness (QED) is 0.179. The van der Waals surface area contributed by atoms with E-state index in [-0.39, 0.29) is 39.8 Å². The van der Waals surface area contributed by atoms with Gasteiger partial charge in [-0.1, -0.05) is 42.3 Å². The van der Waals surface area contributed by atoms with Gasteiger partial charge in [-0.25, -0.2) is 8.42 Å². The van der Waals surface area contributed by atoms with Crippen molar-refractivity contribution >= 4 is 56.4 Å². The van der Waals surface area contributed by atoms with Gasteiger partial charge < -0.3 is 15.0 Å². The van der Waals surface area contributed by atoms with E-state index < -0.39 is 44.9 Å². The van der Waals surface area contributed by atoms with Gasteiger partial charge in [0.05, 0.1) is 22.6 Å². The molecule has 0 saturated heterocycles. The molecule has 1 unspecified atom stereocenters. The SMILES string of the molecule is CCC(C(=O)NC(C)(C)C)N(Cc1ccc(Cl)cc1Cl)C(=O)CN(c1ccc(OC)cc1)S(=O)(=O)c1ccc(C)c([N+](=O)[O-])c1. The van der Waals surface area contributed by atoms with Gasteiger partial charge >= 0.3 is 0 Å². The molecule has 3 aromatic rings. The van der Waals surface area contributed by atoms with Gasteiger partial charge in [0.2, 0.25) is 11.8 Å². The maximum atomic E-state index is 14.2. The highest BCUT2D eigenvalue weighted by atomic mass is 35.5. The van der Waals surface area contributed by atoms with Crippen molar-refractivity contribution in [3.05, 3.63) is 92.0 Å². The molecule has 0 aromatic heterocycles. The summed E-state index contributed by atoms with van der Waals surface area (Å²) >= 11 is 12.5. The number of nitrogens with one attached hydrogen (secondary N) is 1. The molecule has 0 aliphatic rings. The first-order valence-electron chi connectivity index (χ1n) is 14.0. The van der Waals surface area contributed by atoms with Crippen LogP contribution in [0.4, 0.5) is 11.4 Å². The molecule has 1 N–H and O–H groups in total. The zero-order valence-electron chi connectivity index (χ0n) is 25.8. The number of anilines is 1. The number of methoxy groups -OCH3 is 1. The molecule has 45 heavy (non-hydrogen) atoms. The van der Waals surface area contributed by atoms with Crippen LogP contribution in [0.15, 0.2) is 65.6 Å².